The van der Waals surface area contributed by atoms with Gasteiger partial charge in [-0.05, 0) is 23.8 Å². The van der Waals surface area contributed by atoms with E-state index in [-0.39, 0.29) is 6.54 Å². The van der Waals surface area contributed by atoms with Crippen molar-refractivity contribution in [1.29, 1.82) is 5.26 Å². The second kappa shape index (κ2) is 5.04. The van der Waals surface area contributed by atoms with E-state index in [2.05, 4.69) is 5.32 Å². The predicted molar refractivity (Wildman–Crippen MR) is 57.9 cm³/mol. The van der Waals surface area contributed by atoms with Crippen LogP contribution in [0.25, 0.3) is 0 Å². The molecule has 0 amide bonds. The van der Waals surface area contributed by atoms with Crippen molar-refractivity contribution in [1.82, 2.24) is 5.32 Å². The Morgan fingerprint density at radius 3 is 2.69 bits per heavy atom. The van der Waals surface area contributed by atoms with Gasteiger partial charge in [-0.25, -0.2) is 8.78 Å². The lowest BCUT2D eigenvalue weighted by Crippen LogP contribution is -2.34. The Morgan fingerprint density at radius 1 is 1.38 bits per heavy atom. The van der Waals surface area contributed by atoms with Crippen LogP contribution in [-0.2, 0) is 5.41 Å². The number of nitriles is 1. The summed E-state index contributed by atoms with van der Waals surface area (Å²) in [4.78, 5) is 0. The average Bonchev–Trinajstić information content (AvgIpc) is 2.22. The lowest BCUT2D eigenvalue weighted by molar-refractivity contribution is 0.451. The van der Waals surface area contributed by atoms with Gasteiger partial charge in [-0.3, -0.25) is 0 Å². The molecule has 0 radical (unpaired) electrons. The van der Waals surface area contributed by atoms with Crippen molar-refractivity contribution < 1.29 is 8.78 Å². The van der Waals surface area contributed by atoms with Crippen molar-refractivity contribution in [3.63, 3.8) is 0 Å². The molecule has 0 heterocycles. The zero-order valence-electron chi connectivity index (χ0n) is 9.35. The lowest BCUT2D eigenvalue weighted by atomic mass is 9.84. The second-order valence-corrected chi connectivity index (χ2v) is 4.27. The summed E-state index contributed by atoms with van der Waals surface area (Å²) in [7, 11) is 0. The molecule has 0 saturated carbocycles. The van der Waals surface area contributed by atoms with Crippen LogP contribution in [0.5, 0.6) is 0 Å². The molecule has 4 heteroatoms. The van der Waals surface area contributed by atoms with Gasteiger partial charge in [0.25, 0.3) is 0 Å². The molecule has 0 fully saturated rings. The quantitative estimate of drug-likeness (QED) is 0.629. The van der Waals surface area contributed by atoms with E-state index >= 15 is 0 Å². The molecule has 1 aromatic carbocycles. The highest BCUT2D eigenvalue weighted by molar-refractivity contribution is 5.26. The number of nitrogens with one attached hydrogen (secondary N) is 1. The first-order valence-electron chi connectivity index (χ1n) is 5.00. The lowest BCUT2D eigenvalue weighted by Gasteiger charge is -2.25. The predicted octanol–water partition coefficient (Wildman–Crippen LogP) is 2.36. The van der Waals surface area contributed by atoms with E-state index in [1.54, 1.807) is 13.8 Å². The van der Waals surface area contributed by atoms with Crippen LogP contribution in [0.2, 0.25) is 0 Å². The normalized spacial score (nSPS) is 11.2. The molecule has 0 aliphatic carbocycles. The molecule has 86 valence electrons. The summed E-state index contributed by atoms with van der Waals surface area (Å²) in [6.45, 7) is 4.21. The third-order valence-corrected chi connectivity index (χ3v) is 2.43. The third kappa shape index (κ3) is 3.01. The first-order chi connectivity index (χ1) is 7.47. The SMILES string of the molecule is CC(C)(CNCC#N)c1cc(F)ccc1F. The molecule has 1 aromatic rings. The number of halogens is 2. The van der Waals surface area contributed by atoms with Gasteiger partial charge in [-0.1, -0.05) is 13.8 Å². The Bertz CT molecular complexity index is 408. The number of rotatable bonds is 4. The van der Waals surface area contributed by atoms with Crippen molar-refractivity contribution in [2.45, 2.75) is 19.3 Å². The zero-order valence-corrected chi connectivity index (χ0v) is 9.35. The maximum atomic E-state index is 13.5. The molecule has 16 heavy (non-hydrogen) atoms. The largest absolute Gasteiger partial charge is 0.304 e. The topological polar surface area (TPSA) is 35.8 Å². The highest BCUT2D eigenvalue weighted by atomic mass is 19.1. The molecule has 0 aliphatic rings. The Balaban J connectivity index is 2.88. The van der Waals surface area contributed by atoms with Gasteiger partial charge in [0.15, 0.2) is 0 Å². The first kappa shape index (κ1) is 12.6. The van der Waals surface area contributed by atoms with Gasteiger partial charge >= 0.3 is 0 Å². The van der Waals surface area contributed by atoms with Crippen LogP contribution in [-0.4, -0.2) is 13.1 Å². The third-order valence-electron chi connectivity index (χ3n) is 2.43. The molecular weight excluding hydrogens is 210 g/mol. The standard InChI is InChI=1S/C12H14F2N2/c1-12(2,8-16-6-5-15)10-7-9(13)3-4-11(10)14/h3-4,7,16H,6,8H2,1-2H3. The van der Waals surface area contributed by atoms with Crippen molar-refractivity contribution >= 4 is 0 Å². The van der Waals surface area contributed by atoms with Gasteiger partial charge in [0, 0.05) is 12.0 Å². The zero-order chi connectivity index (χ0) is 12.2. The molecule has 1 N–H and O–H groups in total. The van der Waals surface area contributed by atoms with Crippen LogP contribution in [0.1, 0.15) is 19.4 Å². The Hall–Kier alpha value is -1.47. The van der Waals surface area contributed by atoms with Gasteiger partial charge in [-0.2, -0.15) is 5.26 Å². The fourth-order valence-electron chi connectivity index (χ4n) is 1.54. The van der Waals surface area contributed by atoms with E-state index in [0.29, 0.717) is 12.1 Å². The molecular formula is C12H14F2N2. The van der Waals surface area contributed by atoms with E-state index in [9.17, 15) is 8.78 Å². The summed E-state index contributed by atoms with van der Waals surface area (Å²) in [6, 6.07) is 5.35. The number of hydrogen-bond donors (Lipinski definition) is 1. The monoisotopic (exact) mass is 224 g/mol. The van der Waals surface area contributed by atoms with Gasteiger partial charge < -0.3 is 5.32 Å². The first-order valence-corrected chi connectivity index (χ1v) is 5.00. The van der Waals surface area contributed by atoms with Crippen molar-refractivity contribution in [3.8, 4) is 6.07 Å². The number of benzene rings is 1. The molecule has 1 rings (SSSR count). The minimum absolute atomic E-state index is 0.195. The van der Waals surface area contributed by atoms with Gasteiger partial charge in [-0.15, -0.1) is 0 Å². The Labute approximate surface area is 93.9 Å². The van der Waals surface area contributed by atoms with Gasteiger partial charge in [0.2, 0.25) is 0 Å². The van der Waals surface area contributed by atoms with Crippen LogP contribution in [0, 0.1) is 23.0 Å². The molecule has 0 spiro atoms. The van der Waals surface area contributed by atoms with Crippen molar-refractivity contribution in [3.05, 3.63) is 35.4 Å². The molecule has 2 nitrogen and oxygen atoms in total. The average molecular weight is 224 g/mol. The summed E-state index contributed by atoms with van der Waals surface area (Å²) in [5.74, 6) is -0.880. The maximum Gasteiger partial charge on any atom is 0.127 e. The summed E-state index contributed by atoms with van der Waals surface area (Å²) < 4.78 is 26.5. The van der Waals surface area contributed by atoms with E-state index < -0.39 is 17.0 Å². The molecule has 0 aliphatic heterocycles. The Kier molecular flexibility index (Phi) is 3.97. The summed E-state index contributed by atoms with van der Waals surface area (Å²) in [5, 5.41) is 11.3. The van der Waals surface area contributed by atoms with Gasteiger partial charge in [0.05, 0.1) is 12.6 Å². The molecule has 0 aromatic heterocycles. The van der Waals surface area contributed by atoms with Crippen LogP contribution in [0.4, 0.5) is 8.78 Å². The minimum Gasteiger partial charge on any atom is -0.304 e. The van der Waals surface area contributed by atoms with Crippen LogP contribution in [0.15, 0.2) is 18.2 Å². The minimum atomic E-state index is -0.553. The summed E-state index contributed by atoms with van der Waals surface area (Å²) >= 11 is 0. The van der Waals surface area contributed by atoms with E-state index in [1.165, 1.54) is 6.07 Å². The second-order valence-electron chi connectivity index (χ2n) is 4.27. The fourth-order valence-corrected chi connectivity index (χ4v) is 1.54. The summed E-state index contributed by atoms with van der Waals surface area (Å²) in [5.41, 5.74) is -0.235. The van der Waals surface area contributed by atoms with Crippen molar-refractivity contribution in [2.75, 3.05) is 13.1 Å². The van der Waals surface area contributed by atoms with Crippen LogP contribution >= 0.6 is 0 Å². The number of hydrogen-bond acceptors (Lipinski definition) is 2. The molecule has 0 bridgehead atoms. The summed E-state index contributed by atoms with van der Waals surface area (Å²) in [6.07, 6.45) is 0. The molecule has 0 atom stereocenters. The van der Waals surface area contributed by atoms with E-state index in [4.69, 9.17) is 5.26 Å². The smallest absolute Gasteiger partial charge is 0.127 e. The van der Waals surface area contributed by atoms with E-state index in [1.807, 2.05) is 6.07 Å². The van der Waals surface area contributed by atoms with Crippen LogP contribution < -0.4 is 5.32 Å². The van der Waals surface area contributed by atoms with E-state index in [0.717, 1.165) is 12.1 Å². The van der Waals surface area contributed by atoms with Gasteiger partial charge in [0.1, 0.15) is 11.6 Å². The van der Waals surface area contributed by atoms with Crippen molar-refractivity contribution in [2.24, 2.45) is 0 Å². The highest BCUT2D eigenvalue weighted by Crippen LogP contribution is 2.25. The molecule has 0 unspecified atom stereocenters. The molecule has 0 saturated heterocycles. The maximum absolute atomic E-state index is 13.5. The highest BCUT2D eigenvalue weighted by Gasteiger charge is 2.24. The van der Waals surface area contributed by atoms with Crippen LogP contribution in [0.3, 0.4) is 0 Å². The Morgan fingerprint density at radius 2 is 2.06 bits per heavy atom. The fraction of sp³-hybridized carbons (Fsp3) is 0.417. The number of nitrogens with zero attached hydrogens (tertiary/aromatic N) is 1.